The molecule has 29 N–H and O–H groups in total. The van der Waals surface area contributed by atoms with Gasteiger partial charge in [-0.25, -0.2) is 9.78 Å². The third-order valence-corrected chi connectivity index (χ3v) is 17.3. The number of nitrogens with zero attached hydrogens (tertiary/aromatic N) is 2. The summed E-state index contributed by atoms with van der Waals surface area (Å²) < 4.78 is 0. The Morgan fingerprint density at radius 3 is 1.38 bits per heavy atom. The number of hydrogen-bond donors (Lipinski definition) is 25. The van der Waals surface area contributed by atoms with E-state index in [1.807, 2.05) is 0 Å². The van der Waals surface area contributed by atoms with Gasteiger partial charge in [-0.1, -0.05) is 61.8 Å². The first-order chi connectivity index (χ1) is 50.7. The van der Waals surface area contributed by atoms with Gasteiger partial charge in [0.05, 0.1) is 31.9 Å². The molecule has 0 saturated heterocycles. The Morgan fingerprint density at radius 2 is 0.926 bits per heavy atom. The van der Waals surface area contributed by atoms with Crippen LogP contribution < -0.4 is 104 Å². The fourth-order valence-electron chi connectivity index (χ4n) is 10.0. The number of hydrogen-bond acceptors (Lipinski definition) is 24. The maximum atomic E-state index is 14.6. The normalized spacial score (nSPS) is 15.0. The average molecular weight is 1570 g/mol. The number of aliphatic hydroxyl groups excluding tert-OH is 1. The highest BCUT2D eigenvalue weighted by atomic mass is 32.1. The Morgan fingerprint density at radius 1 is 0.491 bits per heavy atom. The minimum Gasteiger partial charge on any atom is -0.481 e. The first-order valence-corrected chi connectivity index (χ1v) is 36.2. The number of aliphatic carboxylic acids is 2. The van der Waals surface area contributed by atoms with Gasteiger partial charge in [-0.3, -0.25) is 81.7 Å². The molecule has 0 spiro atoms. The lowest BCUT2D eigenvalue weighted by molar-refractivity contribution is -0.143. The Balaban J connectivity index is 3.55. The van der Waals surface area contributed by atoms with E-state index in [-0.39, 0.29) is 81.9 Å². The van der Waals surface area contributed by atoms with E-state index in [2.05, 4.69) is 109 Å². The van der Waals surface area contributed by atoms with Gasteiger partial charge in [-0.2, -0.15) is 25.3 Å². The van der Waals surface area contributed by atoms with Crippen molar-refractivity contribution in [3.05, 3.63) is 18.2 Å². The highest BCUT2D eigenvalue weighted by Gasteiger charge is 2.39. The Hall–Kier alpha value is -9.95. The molecule has 0 fully saturated rings. The van der Waals surface area contributed by atoms with Gasteiger partial charge < -0.3 is 124 Å². The van der Waals surface area contributed by atoms with Gasteiger partial charge in [0, 0.05) is 49.2 Å². The summed E-state index contributed by atoms with van der Waals surface area (Å²) in [6, 6.07) is -19.7. The SMILES string of the molecule is CC[C@H](C)[C@H](NC(=O)[C@H](CS)NC(=O)[C@H](CCCCN)NC(=O)[C@H](CCCN=C(N)N)NC(=O)[C@@H](NC(=O)[C@@H](NC(=O)[C@H](Cc1cnc[nH]1)NC(=O)[C@H](CO)NC(=O)CNC(=O)[C@H](CC(N)=O)NC(=O)[C@@H](N)CCC(N)=O)C(C)C)C(C)C)C(=O)N[C@@H](CCC(=O)O)C(=O)N[C@@H](CS)C(=O)N[C@H](C(=O)O)C(C)C. The van der Waals surface area contributed by atoms with Gasteiger partial charge in [-0.15, -0.1) is 0 Å². The lowest BCUT2D eigenvalue weighted by Crippen LogP contribution is -2.62. The second-order valence-corrected chi connectivity index (χ2v) is 27.2. The number of unbranched alkanes of at least 4 members (excludes halogenated alkanes) is 1. The number of guanidine groups is 1. The van der Waals surface area contributed by atoms with Crippen molar-refractivity contribution < 1.29 is 96.8 Å². The molecule has 0 aliphatic carbocycles. The van der Waals surface area contributed by atoms with E-state index in [0.717, 1.165) is 0 Å². The van der Waals surface area contributed by atoms with Crippen LogP contribution in [0.5, 0.6) is 0 Å². The van der Waals surface area contributed by atoms with Crippen LogP contribution in [-0.4, -0.2) is 248 Å². The quantitative estimate of drug-likeness (QED) is 0.0125. The number of thiol groups is 2. The lowest BCUT2D eigenvalue weighted by Gasteiger charge is -2.30. The molecule has 608 valence electrons. The van der Waals surface area contributed by atoms with Crippen LogP contribution in [0.4, 0.5) is 0 Å². The molecule has 15 amide bonds. The smallest absolute Gasteiger partial charge is 0.326 e. The number of nitrogens with two attached hydrogens (primary N) is 6. The minimum atomic E-state index is -1.80. The number of carbonyl (C=O) groups excluding carboxylic acids is 15. The molecule has 0 bridgehead atoms. The van der Waals surface area contributed by atoms with Gasteiger partial charge in [-0.05, 0) is 75.2 Å². The molecule has 0 saturated carbocycles. The van der Waals surface area contributed by atoms with Crippen molar-refractivity contribution in [2.45, 2.75) is 211 Å². The zero-order valence-electron chi connectivity index (χ0n) is 61.7. The molecule has 42 nitrogen and oxygen atoms in total. The number of imidazole rings is 1. The van der Waals surface area contributed by atoms with E-state index < -0.39 is 241 Å². The Labute approximate surface area is 635 Å². The van der Waals surface area contributed by atoms with E-state index in [1.165, 1.54) is 26.4 Å². The largest absolute Gasteiger partial charge is 0.481 e. The van der Waals surface area contributed by atoms with Crippen molar-refractivity contribution in [2.24, 2.45) is 63.1 Å². The predicted molar refractivity (Wildman–Crippen MR) is 395 cm³/mol. The fourth-order valence-corrected chi connectivity index (χ4v) is 10.5. The maximum absolute atomic E-state index is 14.6. The number of aromatic amines is 1. The predicted octanol–water partition coefficient (Wildman–Crippen LogP) is -8.65. The van der Waals surface area contributed by atoms with Crippen LogP contribution in [0.2, 0.25) is 0 Å². The van der Waals surface area contributed by atoms with E-state index >= 15 is 0 Å². The summed E-state index contributed by atoms with van der Waals surface area (Å²) in [4.78, 5) is 237. The molecule has 1 heterocycles. The van der Waals surface area contributed by atoms with Crippen LogP contribution in [0.25, 0.3) is 0 Å². The van der Waals surface area contributed by atoms with Crippen molar-refractivity contribution in [1.82, 2.24) is 79.1 Å². The van der Waals surface area contributed by atoms with E-state index in [1.54, 1.807) is 41.5 Å². The van der Waals surface area contributed by atoms with Crippen molar-refractivity contribution in [3.63, 3.8) is 0 Å². The number of rotatable bonds is 53. The van der Waals surface area contributed by atoms with Crippen molar-refractivity contribution in [1.29, 1.82) is 0 Å². The van der Waals surface area contributed by atoms with Crippen molar-refractivity contribution in [2.75, 3.05) is 37.7 Å². The van der Waals surface area contributed by atoms with Gasteiger partial charge in [0.1, 0.15) is 72.5 Å². The molecule has 0 aliphatic heterocycles. The summed E-state index contributed by atoms with van der Waals surface area (Å²) in [5, 5.41) is 61.1. The molecule has 0 aromatic carbocycles. The summed E-state index contributed by atoms with van der Waals surface area (Å²) in [5.41, 5.74) is 33.3. The zero-order chi connectivity index (χ0) is 82.2. The first-order valence-electron chi connectivity index (χ1n) is 34.9. The van der Waals surface area contributed by atoms with Gasteiger partial charge in [0.2, 0.25) is 88.6 Å². The summed E-state index contributed by atoms with van der Waals surface area (Å²) in [6.07, 6.45) is 0.398. The van der Waals surface area contributed by atoms with Crippen LogP contribution in [0.1, 0.15) is 132 Å². The lowest BCUT2D eigenvalue weighted by atomic mass is 9.97. The van der Waals surface area contributed by atoms with Crippen LogP contribution in [0, 0.1) is 23.7 Å². The Bertz CT molecular complexity index is 3250. The number of carboxylic acids is 2. The molecule has 0 radical (unpaired) electrons. The Kier molecular flexibility index (Phi) is 44.3. The van der Waals surface area contributed by atoms with Crippen LogP contribution in [-0.2, 0) is 87.9 Å². The molecule has 0 aliphatic rings. The molecule has 14 atom stereocenters. The standard InChI is InChI=1S/C64H110N22O20S2/c1-9-32(8)50(62(104)78-37(16-18-46(91)92)55(97)82-41(26-107)58(100)85-49(31(6)7)63(105)106)86-59(101)42(27-108)81-54(96)35(13-10-11-19-65)76-53(95)36(14-12-20-72-64(69)70)77-60(102)47(29(2)3)84-61(103)48(30(4)5)83-56(98)38(21-33-23-71-28-74-33)80-57(99)40(25-87)75-45(90)24-73-52(94)39(22-44(68)89)79-51(93)34(66)15-17-43(67)88/h23,28-32,34-42,47-50,87,107-108H,9-22,24-27,65-66H2,1-8H3,(H2,67,88)(H2,68,89)(H,71,74)(H,73,94)(H,75,90)(H,76,95)(H,77,102)(H,78,104)(H,79,93)(H,80,99)(H,81,96)(H,82,97)(H,83,98)(H,84,103)(H,85,100)(H,86,101)(H,91,92)(H,105,106)(H4,69,70,72)/t32-,34-,35-,36-,37-,38-,39-,40-,41-,42-,47-,48-,49-,50-/m0/s1. The number of primary amides is 2. The van der Waals surface area contributed by atoms with E-state index in [4.69, 9.17) is 34.4 Å². The number of nitrogens with one attached hydrogen (secondary N) is 14. The molecule has 108 heavy (non-hydrogen) atoms. The molecule has 1 rings (SSSR count). The molecule has 1 aromatic rings. The number of carbonyl (C=O) groups is 17. The highest BCUT2D eigenvalue weighted by Crippen LogP contribution is 2.15. The van der Waals surface area contributed by atoms with E-state index in [9.17, 15) is 96.8 Å². The minimum absolute atomic E-state index is 0.0424. The zero-order valence-corrected chi connectivity index (χ0v) is 63.5. The van der Waals surface area contributed by atoms with Crippen molar-refractivity contribution in [3.8, 4) is 0 Å². The number of H-pyrrole nitrogens is 1. The fraction of sp³-hybridized carbons (Fsp3) is 0.672. The van der Waals surface area contributed by atoms with Crippen LogP contribution in [0.3, 0.4) is 0 Å². The highest BCUT2D eigenvalue weighted by molar-refractivity contribution is 7.80. The third kappa shape index (κ3) is 35.6. The number of aliphatic hydroxyl groups is 1. The number of amides is 15. The summed E-state index contributed by atoms with van der Waals surface area (Å²) >= 11 is 8.41. The molecule has 0 unspecified atom stereocenters. The maximum Gasteiger partial charge on any atom is 0.326 e. The second-order valence-electron chi connectivity index (χ2n) is 26.4. The van der Waals surface area contributed by atoms with Gasteiger partial charge in [0.15, 0.2) is 5.96 Å². The second kappa shape index (κ2) is 49.8. The molecular formula is C64H110N22O20S2. The van der Waals surface area contributed by atoms with Crippen LogP contribution in [0.15, 0.2) is 17.5 Å². The molecule has 44 heteroatoms. The first kappa shape index (κ1) is 96.1. The number of carboxylic acid groups (broad SMARTS) is 2. The van der Waals surface area contributed by atoms with Gasteiger partial charge >= 0.3 is 11.9 Å². The summed E-state index contributed by atoms with van der Waals surface area (Å²) in [5.74, 6) is -21.3. The van der Waals surface area contributed by atoms with Crippen molar-refractivity contribution >= 4 is 132 Å². The topological polar surface area (TPSA) is 704 Å². The number of aliphatic imine (C=N–C) groups is 1. The monoisotopic (exact) mass is 1570 g/mol. The van der Waals surface area contributed by atoms with Gasteiger partial charge in [0.25, 0.3) is 0 Å². The number of aromatic nitrogens is 2. The summed E-state index contributed by atoms with van der Waals surface area (Å²) in [7, 11) is 0. The molecular weight excluding hydrogens is 1460 g/mol. The average Bonchev–Trinajstić information content (AvgIpc) is 0.994. The third-order valence-electron chi connectivity index (χ3n) is 16.5. The molecule has 1 aromatic heterocycles. The van der Waals surface area contributed by atoms with E-state index in [0.29, 0.717) is 6.42 Å². The van der Waals surface area contributed by atoms with Crippen LogP contribution >= 0.6 is 25.3 Å². The summed E-state index contributed by atoms with van der Waals surface area (Å²) in [6.45, 7) is 10.6.